The monoisotopic (exact) mass is 212 g/mol. The van der Waals surface area contributed by atoms with Crippen molar-refractivity contribution in [2.24, 2.45) is 5.41 Å². The molecule has 0 aromatic rings. The molecule has 2 N–H and O–H groups in total. The van der Waals surface area contributed by atoms with Crippen molar-refractivity contribution in [3.63, 3.8) is 0 Å². The Kier molecular flexibility index (Phi) is 3.94. The van der Waals surface area contributed by atoms with E-state index >= 15 is 0 Å². The van der Waals surface area contributed by atoms with E-state index in [0.717, 1.165) is 0 Å². The highest BCUT2D eigenvalue weighted by Crippen LogP contribution is 2.37. The van der Waals surface area contributed by atoms with Gasteiger partial charge >= 0.3 is 0 Å². The molecule has 0 aliphatic heterocycles. The van der Waals surface area contributed by atoms with Gasteiger partial charge in [-0.1, -0.05) is 33.4 Å². The van der Waals surface area contributed by atoms with E-state index in [0.29, 0.717) is 5.57 Å². The van der Waals surface area contributed by atoms with Gasteiger partial charge in [-0.15, -0.1) is 0 Å². The summed E-state index contributed by atoms with van der Waals surface area (Å²) < 4.78 is 0. The Morgan fingerprint density at radius 3 is 1.60 bits per heavy atom. The first kappa shape index (κ1) is 14.4. The zero-order chi connectivity index (χ0) is 12.5. The maximum Gasteiger partial charge on any atom is 0.108 e. The van der Waals surface area contributed by atoms with Crippen LogP contribution in [0.3, 0.4) is 0 Å². The fourth-order valence-corrected chi connectivity index (χ4v) is 1.36. The minimum atomic E-state index is -1.09. The topological polar surface area (TPSA) is 40.5 Å². The van der Waals surface area contributed by atoms with Crippen molar-refractivity contribution in [2.45, 2.75) is 52.7 Å². The first-order chi connectivity index (χ1) is 6.40. The molecule has 0 fully saturated rings. The van der Waals surface area contributed by atoms with Crippen LogP contribution in [0.4, 0.5) is 0 Å². The molecule has 0 radical (unpaired) electrons. The van der Waals surface area contributed by atoms with E-state index in [1.807, 2.05) is 20.8 Å². The second-order valence-corrected chi connectivity index (χ2v) is 5.78. The van der Waals surface area contributed by atoms with Crippen LogP contribution < -0.4 is 0 Å². The number of rotatable bonds is 3. The van der Waals surface area contributed by atoms with E-state index in [1.165, 1.54) is 0 Å². The van der Waals surface area contributed by atoms with Crippen LogP contribution in [0.2, 0.25) is 0 Å². The van der Waals surface area contributed by atoms with Gasteiger partial charge in [0.25, 0.3) is 0 Å². The van der Waals surface area contributed by atoms with Gasteiger partial charge in [-0.3, -0.25) is 0 Å². The van der Waals surface area contributed by atoms with Crippen molar-refractivity contribution in [3.8, 4) is 0 Å². The Hall–Kier alpha value is -0.600. The second-order valence-electron chi connectivity index (χ2n) is 5.78. The van der Waals surface area contributed by atoms with Crippen molar-refractivity contribution in [3.05, 3.63) is 24.3 Å². The number of hydrogen-bond acceptors (Lipinski definition) is 2. The first-order valence-corrected chi connectivity index (χ1v) is 5.21. The van der Waals surface area contributed by atoms with Crippen molar-refractivity contribution < 1.29 is 10.2 Å². The lowest BCUT2D eigenvalue weighted by Crippen LogP contribution is -2.42. The molecule has 0 saturated heterocycles. The summed E-state index contributed by atoms with van der Waals surface area (Å²) in [5.74, 6) is 0. The summed E-state index contributed by atoms with van der Waals surface area (Å²) in [4.78, 5) is 0. The minimum Gasteiger partial charge on any atom is -0.386 e. The van der Waals surface area contributed by atoms with Crippen LogP contribution in [0.1, 0.15) is 41.5 Å². The molecule has 2 heteroatoms. The lowest BCUT2D eigenvalue weighted by Gasteiger charge is -2.39. The highest BCUT2D eigenvalue weighted by Gasteiger charge is 2.38. The predicted octanol–water partition coefficient (Wildman–Crippen LogP) is 2.67. The zero-order valence-corrected chi connectivity index (χ0v) is 10.8. The van der Waals surface area contributed by atoms with E-state index in [2.05, 4.69) is 6.58 Å². The Morgan fingerprint density at radius 1 is 1.00 bits per heavy atom. The van der Waals surface area contributed by atoms with Gasteiger partial charge in [0.1, 0.15) is 5.60 Å². The first-order valence-electron chi connectivity index (χ1n) is 5.21. The molecular formula is C13H24O2. The molecule has 0 aliphatic carbocycles. The van der Waals surface area contributed by atoms with Crippen LogP contribution in [-0.2, 0) is 0 Å². The van der Waals surface area contributed by atoms with E-state index < -0.39 is 11.2 Å². The molecule has 0 aliphatic rings. The van der Waals surface area contributed by atoms with Crippen molar-refractivity contribution in [2.75, 3.05) is 0 Å². The number of hydrogen-bond donors (Lipinski definition) is 2. The summed E-state index contributed by atoms with van der Waals surface area (Å²) in [5.41, 5.74) is -1.68. The average molecular weight is 212 g/mol. The third-order valence-corrected chi connectivity index (χ3v) is 2.53. The summed E-state index contributed by atoms with van der Waals surface area (Å²) in [6.07, 6.45) is 3.24. The summed E-state index contributed by atoms with van der Waals surface area (Å²) in [7, 11) is 0. The summed E-state index contributed by atoms with van der Waals surface area (Å²) in [6.45, 7) is 14.8. The zero-order valence-electron chi connectivity index (χ0n) is 10.8. The molecule has 0 bridgehead atoms. The Morgan fingerprint density at radius 2 is 1.40 bits per heavy atom. The van der Waals surface area contributed by atoms with Gasteiger partial charge in [-0.2, -0.15) is 0 Å². The van der Waals surface area contributed by atoms with Crippen LogP contribution in [0.5, 0.6) is 0 Å². The maximum atomic E-state index is 10.5. The fourth-order valence-electron chi connectivity index (χ4n) is 1.36. The normalized spacial score (nSPS) is 17.9. The molecular weight excluding hydrogens is 188 g/mol. The lowest BCUT2D eigenvalue weighted by atomic mass is 9.72. The smallest absolute Gasteiger partial charge is 0.108 e. The molecule has 0 rings (SSSR count). The summed E-state index contributed by atoms with van der Waals surface area (Å²) in [6, 6.07) is 0. The van der Waals surface area contributed by atoms with Crippen LogP contribution in [0.15, 0.2) is 24.3 Å². The van der Waals surface area contributed by atoms with E-state index in [4.69, 9.17) is 0 Å². The van der Waals surface area contributed by atoms with Gasteiger partial charge in [0.05, 0.1) is 5.60 Å². The van der Waals surface area contributed by atoms with Crippen molar-refractivity contribution in [1.29, 1.82) is 0 Å². The van der Waals surface area contributed by atoms with Crippen molar-refractivity contribution >= 4 is 0 Å². The van der Waals surface area contributed by atoms with Gasteiger partial charge in [-0.05, 0) is 37.8 Å². The van der Waals surface area contributed by atoms with Crippen LogP contribution in [0, 0.1) is 5.41 Å². The fraction of sp³-hybridized carbons (Fsp3) is 0.692. The highest BCUT2D eigenvalue weighted by atomic mass is 16.3. The number of aliphatic hydroxyl groups is 2. The molecule has 0 aromatic carbocycles. The van der Waals surface area contributed by atoms with Crippen molar-refractivity contribution in [1.82, 2.24) is 0 Å². The van der Waals surface area contributed by atoms with Crippen LogP contribution in [0.25, 0.3) is 0 Å². The standard InChI is InChI=1S/C13H24O2/c1-10(2)13(15,11(3,4)5)9-8-12(6,7)14/h8-9,14-15H,1H2,2-7H3/b9-8-. The van der Waals surface area contributed by atoms with E-state index in [1.54, 1.807) is 32.9 Å². The largest absolute Gasteiger partial charge is 0.386 e. The molecule has 15 heavy (non-hydrogen) atoms. The van der Waals surface area contributed by atoms with Gasteiger partial charge < -0.3 is 10.2 Å². The Balaban J connectivity index is 5.19. The van der Waals surface area contributed by atoms with Gasteiger partial charge in [-0.25, -0.2) is 0 Å². The highest BCUT2D eigenvalue weighted by molar-refractivity contribution is 5.25. The molecule has 0 aromatic heterocycles. The molecule has 1 atom stereocenters. The Labute approximate surface area is 93.3 Å². The Bertz CT molecular complexity index is 263. The molecule has 0 amide bonds. The molecule has 2 nitrogen and oxygen atoms in total. The summed E-state index contributed by atoms with van der Waals surface area (Å²) >= 11 is 0. The molecule has 1 unspecified atom stereocenters. The lowest BCUT2D eigenvalue weighted by molar-refractivity contribution is 0.0181. The molecule has 88 valence electrons. The van der Waals surface area contributed by atoms with Gasteiger partial charge in [0.15, 0.2) is 0 Å². The van der Waals surface area contributed by atoms with E-state index in [9.17, 15) is 10.2 Å². The third-order valence-electron chi connectivity index (χ3n) is 2.53. The molecule has 0 spiro atoms. The molecule has 0 heterocycles. The average Bonchev–Trinajstić information content (AvgIpc) is 1.95. The van der Waals surface area contributed by atoms with Crippen LogP contribution in [-0.4, -0.2) is 21.4 Å². The third kappa shape index (κ3) is 3.80. The van der Waals surface area contributed by atoms with E-state index in [-0.39, 0.29) is 5.41 Å². The molecule has 0 saturated carbocycles. The second kappa shape index (κ2) is 4.11. The van der Waals surface area contributed by atoms with Gasteiger partial charge in [0.2, 0.25) is 0 Å². The van der Waals surface area contributed by atoms with Crippen LogP contribution >= 0.6 is 0 Å². The summed E-state index contributed by atoms with van der Waals surface area (Å²) in [5, 5.41) is 20.1. The minimum absolute atomic E-state index is 0.347. The quantitative estimate of drug-likeness (QED) is 0.706. The maximum absolute atomic E-state index is 10.5. The predicted molar refractivity (Wildman–Crippen MR) is 64.7 cm³/mol. The SMILES string of the molecule is C=C(C)C(O)(/C=C\C(C)(C)O)C(C)(C)C. The van der Waals surface area contributed by atoms with Gasteiger partial charge in [0, 0.05) is 0 Å².